The SMILES string of the molecule is c1ccc(-c2nc(-c3ccccc3)nc(-c3ccc(-c4ccc5c(c4)B4c6ccccc6-c6cccc(c64)C54c5ccccc5-c5ccccc54)cc3)n2)cc1. The fourth-order valence-electron chi connectivity index (χ4n) is 9.94. The Bertz CT molecular complexity index is 2930. The molecule has 0 radical (unpaired) electrons. The lowest BCUT2D eigenvalue weighted by atomic mass is 9.32. The maximum Gasteiger partial charge on any atom is 0.243 e. The quantitative estimate of drug-likeness (QED) is 0.171. The van der Waals surface area contributed by atoms with Gasteiger partial charge in [0.2, 0.25) is 6.71 Å². The molecule has 0 atom stereocenters. The molecule has 8 aromatic carbocycles. The van der Waals surface area contributed by atoms with Crippen LogP contribution >= 0.6 is 0 Å². The highest BCUT2D eigenvalue weighted by Crippen LogP contribution is 2.57. The summed E-state index contributed by atoms with van der Waals surface area (Å²) in [6.45, 7) is 0.148. The minimum Gasteiger partial charge on any atom is -0.208 e. The van der Waals surface area contributed by atoms with Crippen LogP contribution in [0.15, 0.2) is 194 Å². The predicted molar refractivity (Wildman–Crippen MR) is 229 cm³/mol. The van der Waals surface area contributed by atoms with Gasteiger partial charge in [0.1, 0.15) is 0 Å². The van der Waals surface area contributed by atoms with Crippen molar-refractivity contribution in [3.05, 3.63) is 216 Å². The summed E-state index contributed by atoms with van der Waals surface area (Å²) >= 11 is 0. The first-order valence-electron chi connectivity index (χ1n) is 19.3. The van der Waals surface area contributed by atoms with E-state index in [1.165, 1.54) is 66.5 Å². The van der Waals surface area contributed by atoms with E-state index in [9.17, 15) is 0 Å². The van der Waals surface area contributed by atoms with Crippen molar-refractivity contribution in [2.75, 3.05) is 0 Å². The Hall–Kier alpha value is -7.17. The van der Waals surface area contributed by atoms with Crippen molar-refractivity contribution in [1.82, 2.24) is 15.0 Å². The van der Waals surface area contributed by atoms with E-state index in [1.54, 1.807) is 0 Å². The van der Waals surface area contributed by atoms with Crippen LogP contribution < -0.4 is 16.4 Å². The molecule has 3 heterocycles. The zero-order valence-electron chi connectivity index (χ0n) is 30.4. The number of hydrogen-bond acceptors (Lipinski definition) is 3. The molecule has 0 amide bonds. The molecular weight excluding hydrogens is 677 g/mol. The standard InChI is InChI=1S/C52H32BN3/c1-3-14-34(15-4-1)49-54-50(35-16-5-2-6-17-35)56-51(55-49)36-28-26-33(27-29-36)37-30-31-44-47(32-37)53-46-25-12-9-20-40(46)41-21-13-24-45(48(41)53)52(44)42-22-10-7-18-38(42)39-19-8-11-23-43(39)52/h1-32H. The first kappa shape index (κ1) is 31.2. The van der Waals surface area contributed by atoms with Gasteiger partial charge in [0, 0.05) is 16.7 Å². The topological polar surface area (TPSA) is 38.7 Å². The monoisotopic (exact) mass is 709 g/mol. The van der Waals surface area contributed by atoms with Crippen molar-refractivity contribution < 1.29 is 0 Å². The summed E-state index contributed by atoms with van der Waals surface area (Å²) < 4.78 is 0. The molecule has 4 heteroatoms. The molecule has 2 aliphatic heterocycles. The number of aromatic nitrogens is 3. The average molecular weight is 710 g/mol. The van der Waals surface area contributed by atoms with Crippen molar-refractivity contribution >= 4 is 23.1 Å². The Balaban J connectivity index is 1.03. The lowest BCUT2D eigenvalue weighted by Gasteiger charge is -2.42. The van der Waals surface area contributed by atoms with E-state index in [2.05, 4.69) is 133 Å². The van der Waals surface area contributed by atoms with Crippen LogP contribution in [0.1, 0.15) is 22.3 Å². The maximum absolute atomic E-state index is 4.98. The van der Waals surface area contributed by atoms with Crippen molar-refractivity contribution in [2.45, 2.75) is 5.41 Å². The van der Waals surface area contributed by atoms with Crippen molar-refractivity contribution in [1.29, 1.82) is 0 Å². The van der Waals surface area contributed by atoms with Gasteiger partial charge in [-0.3, -0.25) is 0 Å². The molecule has 0 saturated heterocycles. The molecule has 3 nitrogen and oxygen atoms in total. The third-order valence-corrected chi connectivity index (χ3v) is 12.3. The second-order valence-electron chi connectivity index (χ2n) is 15.0. The number of fused-ring (bicyclic) bond motifs is 12. The summed E-state index contributed by atoms with van der Waals surface area (Å²) in [5.41, 5.74) is 19.9. The number of benzene rings is 8. The molecule has 1 aliphatic carbocycles. The summed E-state index contributed by atoms with van der Waals surface area (Å²) in [6.07, 6.45) is 0. The Morgan fingerprint density at radius 3 is 1.39 bits per heavy atom. The molecule has 12 rings (SSSR count). The molecular formula is C52H32BN3. The molecule has 9 aromatic rings. The van der Waals surface area contributed by atoms with Gasteiger partial charge in [0.25, 0.3) is 0 Å². The van der Waals surface area contributed by atoms with Crippen LogP contribution in [-0.4, -0.2) is 21.7 Å². The highest BCUT2D eigenvalue weighted by atomic mass is 15.0. The van der Waals surface area contributed by atoms with Crippen LogP contribution in [0.25, 0.3) is 67.5 Å². The first-order chi connectivity index (χ1) is 27.8. The van der Waals surface area contributed by atoms with E-state index < -0.39 is 5.41 Å². The fourth-order valence-corrected chi connectivity index (χ4v) is 9.94. The Morgan fingerprint density at radius 2 is 0.768 bits per heavy atom. The second-order valence-corrected chi connectivity index (χ2v) is 15.0. The van der Waals surface area contributed by atoms with E-state index in [4.69, 9.17) is 15.0 Å². The Morgan fingerprint density at radius 1 is 0.304 bits per heavy atom. The fraction of sp³-hybridized carbons (Fsp3) is 0.0192. The minimum atomic E-state index is -0.416. The van der Waals surface area contributed by atoms with Crippen LogP contribution in [0, 0.1) is 0 Å². The van der Waals surface area contributed by atoms with Gasteiger partial charge in [-0.15, -0.1) is 0 Å². The molecule has 0 saturated carbocycles. The lowest BCUT2D eigenvalue weighted by molar-refractivity contribution is 0.775. The van der Waals surface area contributed by atoms with Crippen LogP contribution in [0.3, 0.4) is 0 Å². The second kappa shape index (κ2) is 11.9. The molecule has 3 aliphatic rings. The summed E-state index contributed by atoms with van der Waals surface area (Å²) in [4.78, 5) is 14.9. The molecule has 0 bridgehead atoms. The normalized spacial score (nSPS) is 13.5. The summed E-state index contributed by atoms with van der Waals surface area (Å²) in [5, 5.41) is 0. The first-order valence-corrected chi connectivity index (χ1v) is 19.3. The third kappa shape index (κ3) is 4.32. The highest BCUT2D eigenvalue weighted by molar-refractivity contribution is 7.00. The average Bonchev–Trinajstić information content (AvgIpc) is 3.77. The maximum atomic E-state index is 4.98. The van der Waals surface area contributed by atoms with Crippen LogP contribution in [-0.2, 0) is 5.41 Å². The van der Waals surface area contributed by atoms with Crippen molar-refractivity contribution in [3.8, 4) is 67.5 Å². The Labute approximate surface area is 326 Å². The van der Waals surface area contributed by atoms with Gasteiger partial charge < -0.3 is 0 Å². The van der Waals surface area contributed by atoms with Crippen LogP contribution in [0.5, 0.6) is 0 Å². The van der Waals surface area contributed by atoms with E-state index in [0.717, 1.165) is 22.3 Å². The van der Waals surface area contributed by atoms with Gasteiger partial charge >= 0.3 is 0 Å². The summed E-state index contributed by atoms with van der Waals surface area (Å²) in [7, 11) is 0. The van der Waals surface area contributed by atoms with Crippen molar-refractivity contribution in [2.24, 2.45) is 0 Å². The number of hydrogen-bond donors (Lipinski definition) is 0. The van der Waals surface area contributed by atoms with E-state index in [0.29, 0.717) is 17.5 Å². The highest BCUT2D eigenvalue weighted by Gasteiger charge is 2.54. The largest absolute Gasteiger partial charge is 0.243 e. The van der Waals surface area contributed by atoms with Gasteiger partial charge in [-0.1, -0.05) is 211 Å². The van der Waals surface area contributed by atoms with Gasteiger partial charge in [-0.25, -0.2) is 15.0 Å². The predicted octanol–water partition coefficient (Wildman–Crippen LogP) is 9.71. The number of rotatable bonds is 4. The lowest BCUT2D eigenvalue weighted by Crippen LogP contribution is -2.59. The minimum absolute atomic E-state index is 0.148. The van der Waals surface area contributed by atoms with Crippen molar-refractivity contribution in [3.63, 3.8) is 0 Å². The van der Waals surface area contributed by atoms with E-state index >= 15 is 0 Å². The summed E-state index contributed by atoms with van der Waals surface area (Å²) in [6, 6.07) is 70.4. The molecule has 1 aromatic heterocycles. The molecule has 56 heavy (non-hydrogen) atoms. The smallest absolute Gasteiger partial charge is 0.208 e. The molecule has 1 spiro atoms. The summed E-state index contributed by atoms with van der Waals surface area (Å²) in [5.74, 6) is 1.98. The van der Waals surface area contributed by atoms with Gasteiger partial charge in [-0.05, 0) is 55.6 Å². The molecule has 0 unspecified atom stereocenters. The molecule has 0 N–H and O–H groups in total. The zero-order chi connectivity index (χ0) is 36.8. The van der Waals surface area contributed by atoms with Gasteiger partial charge in [-0.2, -0.15) is 0 Å². The Kier molecular flexibility index (Phi) is 6.64. The third-order valence-electron chi connectivity index (χ3n) is 12.3. The van der Waals surface area contributed by atoms with Crippen LogP contribution in [0.2, 0.25) is 0 Å². The van der Waals surface area contributed by atoms with Crippen LogP contribution in [0.4, 0.5) is 0 Å². The number of nitrogens with zero attached hydrogens (tertiary/aromatic N) is 3. The van der Waals surface area contributed by atoms with E-state index in [-0.39, 0.29) is 6.71 Å². The molecule has 258 valence electrons. The van der Waals surface area contributed by atoms with Gasteiger partial charge in [0.05, 0.1) is 5.41 Å². The zero-order valence-corrected chi connectivity index (χ0v) is 30.4. The van der Waals surface area contributed by atoms with Gasteiger partial charge in [0.15, 0.2) is 17.5 Å². The molecule has 0 fully saturated rings. The van der Waals surface area contributed by atoms with E-state index in [1.807, 2.05) is 60.7 Å².